The Morgan fingerprint density at radius 3 is 2.47 bits per heavy atom. The van der Waals surface area contributed by atoms with E-state index in [4.69, 9.17) is 9.84 Å². The van der Waals surface area contributed by atoms with E-state index < -0.39 is 29.2 Å². The molecule has 0 unspecified atom stereocenters. The molecule has 0 aromatic rings. The van der Waals surface area contributed by atoms with Gasteiger partial charge in [0, 0.05) is 0 Å². The average molecular weight is 271 g/mol. The Balaban J connectivity index is 2.44. The summed E-state index contributed by atoms with van der Waals surface area (Å²) in [6.07, 6.45) is -2.62. The minimum atomic E-state index is -4.93. The van der Waals surface area contributed by atoms with Gasteiger partial charge < -0.3 is 24.4 Å². The Morgan fingerprint density at radius 1 is 1.41 bits per heavy atom. The van der Waals surface area contributed by atoms with Gasteiger partial charge in [-0.25, -0.2) is 8.42 Å². The molecule has 1 rings (SSSR count). The SMILES string of the molecule is O=S(=O)([O-])O[C@H](CO)[C@@H](O)C[NH+]1CCOCC1. The van der Waals surface area contributed by atoms with Crippen molar-refractivity contribution in [3.05, 3.63) is 0 Å². The molecule has 102 valence electrons. The number of nitrogens with one attached hydrogen (secondary N) is 1. The summed E-state index contributed by atoms with van der Waals surface area (Å²) < 4.78 is 40.3. The van der Waals surface area contributed by atoms with Gasteiger partial charge in [-0.15, -0.1) is 0 Å². The number of ether oxygens (including phenoxy) is 1. The molecule has 17 heavy (non-hydrogen) atoms. The van der Waals surface area contributed by atoms with Crippen LogP contribution in [0.3, 0.4) is 0 Å². The molecule has 1 fully saturated rings. The van der Waals surface area contributed by atoms with Crippen molar-refractivity contribution in [3.8, 4) is 0 Å². The molecular weight excluding hydrogens is 254 g/mol. The summed E-state index contributed by atoms with van der Waals surface area (Å²) in [6, 6.07) is 0. The molecular formula is C8H17NO7S. The molecule has 1 saturated heterocycles. The van der Waals surface area contributed by atoms with Crippen LogP contribution in [0.25, 0.3) is 0 Å². The van der Waals surface area contributed by atoms with Crippen molar-refractivity contribution in [2.75, 3.05) is 39.5 Å². The van der Waals surface area contributed by atoms with Gasteiger partial charge in [0.2, 0.25) is 10.4 Å². The maximum Gasteiger partial charge on any atom is 0.218 e. The highest BCUT2D eigenvalue weighted by Crippen LogP contribution is 2.01. The minimum Gasteiger partial charge on any atom is -0.726 e. The molecule has 0 bridgehead atoms. The smallest absolute Gasteiger partial charge is 0.218 e. The van der Waals surface area contributed by atoms with Gasteiger partial charge in [0.15, 0.2) is 0 Å². The van der Waals surface area contributed by atoms with E-state index in [1.807, 2.05) is 0 Å². The van der Waals surface area contributed by atoms with Crippen LogP contribution in [0.2, 0.25) is 0 Å². The molecule has 1 aliphatic rings. The van der Waals surface area contributed by atoms with Gasteiger partial charge in [-0.05, 0) is 0 Å². The van der Waals surface area contributed by atoms with Gasteiger partial charge in [-0.1, -0.05) is 0 Å². The van der Waals surface area contributed by atoms with E-state index in [-0.39, 0.29) is 6.54 Å². The van der Waals surface area contributed by atoms with Gasteiger partial charge in [-0.3, -0.25) is 4.18 Å². The molecule has 0 aliphatic carbocycles. The standard InChI is InChI=1S/C8H17NO7S/c10-6-8(16-17(12,13)14)7(11)5-9-1-3-15-4-2-9/h7-8,10-11H,1-6H2,(H,12,13,14)/t7-,8+/m0/s1. The Bertz CT molecular complexity index is 314. The van der Waals surface area contributed by atoms with E-state index in [0.717, 1.165) is 4.90 Å². The second-order valence-electron chi connectivity index (χ2n) is 3.86. The molecule has 3 N–H and O–H groups in total. The first kappa shape index (κ1) is 14.8. The van der Waals surface area contributed by atoms with Crippen molar-refractivity contribution < 1.29 is 37.0 Å². The van der Waals surface area contributed by atoms with Crippen molar-refractivity contribution in [1.82, 2.24) is 0 Å². The predicted octanol–water partition coefficient (Wildman–Crippen LogP) is -3.90. The maximum absolute atomic E-state index is 10.4. The van der Waals surface area contributed by atoms with E-state index in [0.29, 0.717) is 26.3 Å². The van der Waals surface area contributed by atoms with Crippen molar-refractivity contribution in [1.29, 1.82) is 0 Å². The number of hydrogen-bond acceptors (Lipinski definition) is 7. The largest absolute Gasteiger partial charge is 0.726 e. The Kier molecular flexibility index (Phi) is 5.73. The molecule has 0 saturated carbocycles. The lowest BCUT2D eigenvalue weighted by Gasteiger charge is -2.28. The molecule has 1 heterocycles. The second-order valence-corrected chi connectivity index (χ2v) is 4.87. The lowest BCUT2D eigenvalue weighted by molar-refractivity contribution is -0.911. The molecule has 0 aromatic carbocycles. The summed E-state index contributed by atoms with van der Waals surface area (Å²) in [5, 5.41) is 18.5. The molecule has 9 heteroatoms. The van der Waals surface area contributed by atoms with Crippen LogP contribution in [0, 0.1) is 0 Å². The lowest BCUT2D eigenvalue weighted by Crippen LogP contribution is -3.15. The topological polar surface area (TPSA) is 121 Å². The molecule has 8 nitrogen and oxygen atoms in total. The first-order chi connectivity index (χ1) is 7.92. The van der Waals surface area contributed by atoms with Crippen LogP contribution in [-0.4, -0.2) is 74.8 Å². The first-order valence-electron chi connectivity index (χ1n) is 5.26. The van der Waals surface area contributed by atoms with Crippen LogP contribution in [-0.2, 0) is 19.3 Å². The van der Waals surface area contributed by atoms with Gasteiger partial charge in [0.1, 0.15) is 31.8 Å². The molecule has 0 radical (unpaired) electrons. The van der Waals surface area contributed by atoms with E-state index in [1.54, 1.807) is 0 Å². The highest BCUT2D eigenvalue weighted by atomic mass is 32.3. The zero-order valence-corrected chi connectivity index (χ0v) is 10.1. The first-order valence-corrected chi connectivity index (χ1v) is 6.60. The average Bonchev–Trinajstić information content (AvgIpc) is 2.26. The van der Waals surface area contributed by atoms with E-state index in [1.165, 1.54) is 0 Å². The second kappa shape index (κ2) is 6.59. The fourth-order valence-corrected chi connectivity index (χ4v) is 2.15. The van der Waals surface area contributed by atoms with Crippen LogP contribution in [0.4, 0.5) is 0 Å². The van der Waals surface area contributed by atoms with Gasteiger partial charge in [-0.2, -0.15) is 0 Å². The fourth-order valence-electron chi connectivity index (χ4n) is 1.66. The summed E-state index contributed by atoms with van der Waals surface area (Å²) in [5.74, 6) is 0. The molecule has 1 aliphatic heterocycles. The Hall–Kier alpha value is -0.290. The number of hydrogen-bond donors (Lipinski definition) is 3. The van der Waals surface area contributed by atoms with Crippen molar-refractivity contribution in [2.24, 2.45) is 0 Å². The molecule has 0 spiro atoms. The zero-order chi connectivity index (χ0) is 12.9. The number of morpholine rings is 1. The van der Waals surface area contributed by atoms with Crippen LogP contribution in [0.5, 0.6) is 0 Å². The van der Waals surface area contributed by atoms with Gasteiger partial charge in [0.05, 0.1) is 19.8 Å². The normalized spacial score (nSPS) is 22.3. The summed E-state index contributed by atoms with van der Waals surface area (Å²) in [4.78, 5) is 1.01. The number of rotatable bonds is 6. The molecule has 0 aromatic heterocycles. The summed E-state index contributed by atoms with van der Waals surface area (Å²) in [7, 11) is -4.93. The molecule has 2 atom stereocenters. The van der Waals surface area contributed by atoms with Crippen LogP contribution >= 0.6 is 0 Å². The van der Waals surface area contributed by atoms with Crippen LogP contribution in [0.15, 0.2) is 0 Å². The third-order valence-corrected chi connectivity index (χ3v) is 3.03. The Morgan fingerprint density at radius 2 is 2.00 bits per heavy atom. The monoisotopic (exact) mass is 271 g/mol. The third kappa shape index (κ3) is 5.73. The third-order valence-electron chi connectivity index (χ3n) is 2.55. The predicted molar refractivity (Wildman–Crippen MR) is 54.0 cm³/mol. The minimum absolute atomic E-state index is 0.199. The highest BCUT2D eigenvalue weighted by Gasteiger charge is 2.27. The van der Waals surface area contributed by atoms with Crippen LogP contribution in [0.1, 0.15) is 0 Å². The quantitative estimate of drug-likeness (QED) is 0.333. The summed E-state index contributed by atoms with van der Waals surface area (Å²) in [5.41, 5.74) is 0. The highest BCUT2D eigenvalue weighted by molar-refractivity contribution is 7.80. The number of quaternary nitrogens is 1. The van der Waals surface area contributed by atoms with Gasteiger partial charge in [0.25, 0.3) is 0 Å². The van der Waals surface area contributed by atoms with E-state index >= 15 is 0 Å². The van der Waals surface area contributed by atoms with Crippen molar-refractivity contribution in [2.45, 2.75) is 12.2 Å². The molecule has 0 amide bonds. The van der Waals surface area contributed by atoms with Crippen molar-refractivity contribution >= 4 is 10.4 Å². The summed E-state index contributed by atoms with van der Waals surface area (Å²) >= 11 is 0. The van der Waals surface area contributed by atoms with E-state index in [9.17, 15) is 18.1 Å². The lowest BCUT2D eigenvalue weighted by atomic mass is 10.2. The van der Waals surface area contributed by atoms with Crippen molar-refractivity contribution in [3.63, 3.8) is 0 Å². The Labute approximate surface area is 99.7 Å². The number of aliphatic hydroxyl groups excluding tert-OH is 2. The van der Waals surface area contributed by atoms with Gasteiger partial charge >= 0.3 is 0 Å². The fraction of sp³-hybridized carbons (Fsp3) is 1.00. The summed E-state index contributed by atoms with van der Waals surface area (Å²) in [6.45, 7) is 1.95. The number of aliphatic hydroxyl groups is 2. The van der Waals surface area contributed by atoms with Crippen LogP contribution < -0.4 is 4.90 Å². The van der Waals surface area contributed by atoms with E-state index in [2.05, 4.69) is 4.18 Å². The maximum atomic E-state index is 10.4. The zero-order valence-electron chi connectivity index (χ0n) is 9.24.